The van der Waals surface area contributed by atoms with Crippen LogP contribution in [0.1, 0.15) is 35.8 Å². The van der Waals surface area contributed by atoms with Crippen molar-refractivity contribution in [3.63, 3.8) is 0 Å². The number of ether oxygens (including phenoxy) is 1. The van der Waals surface area contributed by atoms with Crippen molar-refractivity contribution in [2.75, 3.05) is 26.3 Å². The summed E-state index contributed by atoms with van der Waals surface area (Å²) in [4.78, 5) is 15.1. The minimum atomic E-state index is -0.249. The van der Waals surface area contributed by atoms with Crippen LogP contribution in [0.15, 0.2) is 40.8 Å². The average molecular weight is 386 g/mol. The number of rotatable bonds is 5. The maximum absolute atomic E-state index is 13.4. The zero-order valence-corrected chi connectivity index (χ0v) is 16.2. The Kier molecular flexibility index (Phi) is 5.78. The maximum Gasteiger partial charge on any atom is 0.226 e. The number of carbonyl (C=O) groups is 1. The van der Waals surface area contributed by atoms with Crippen LogP contribution in [0.2, 0.25) is 0 Å². The molecule has 2 heterocycles. The van der Waals surface area contributed by atoms with Gasteiger partial charge in [0.1, 0.15) is 17.3 Å². The summed E-state index contributed by atoms with van der Waals surface area (Å²) in [6, 6.07) is 10.8. The van der Waals surface area contributed by atoms with E-state index in [-0.39, 0.29) is 29.6 Å². The third-order valence-corrected chi connectivity index (χ3v) is 5.86. The summed E-state index contributed by atoms with van der Waals surface area (Å²) in [5, 5.41) is 3.55. The van der Waals surface area contributed by atoms with Gasteiger partial charge in [0.2, 0.25) is 5.91 Å². The molecule has 1 amide bonds. The number of nitrogens with one attached hydrogen (secondary N) is 1. The number of carbonyl (C=O) groups excluding carboxylic acids is 1. The van der Waals surface area contributed by atoms with Crippen LogP contribution < -0.4 is 5.32 Å². The fourth-order valence-corrected chi connectivity index (χ4v) is 4.40. The van der Waals surface area contributed by atoms with Gasteiger partial charge in [-0.15, -0.1) is 0 Å². The Morgan fingerprint density at radius 3 is 2.57 bits per heavy atom. The lowest BCUT2D eigenvalue weighted by molar-refractivity contribution is -0.140. The highest BCUT2D eigenvalue weighted by atomic mass is 19.1. The second-order valence-corrected chi connectivity index (χ2v) is 7.76. The number of aryl methyl sites for hydroxylation is 1. The molecular weight excluding hydrogens is 359 g/mol. The van der Waals surface area contributed by atoms with Crippen molar-refractivity contribution in [2.24, 2.45) is 5.92 Å². The Morgan fingerprint density at radius 1 is 1.14 bits per heavy atom. The van der Waals surface area contributed by atoms with E-state index in [0.29, 0.717) is 32.8 Å². The Hall–Kier alpha value is -2.18. The van der Waals surface area contributed by atoms with Crippen LogP contribution in [0.5, 0.6) is 0 Å². The van der Waals surface area contributed by atoms with Gasteiger partial charge in [-0.25, -0.2) is 4.39 Å². The summed E-state index contributed by atoms with van der Waals surface area (Å²) in [6.45, 7) is 5.07. The van der Waals surface area contributed by atoms with Gasteiger partial charge < -0.3 is 19.4 Å². The number of morpholine rings is 1. The van der Waals surface area contributed by atoms with Gasteiger partial charge in [-0.1, -0.05) is 12.1 Å². The van der Waals surface area contributed by atoms with Crippen LogP contribution >= 0.6 is 0 Å². The highest BCUT2D eigenvalue weighted by Crippen LogP contribution is 2.41. The van der Waals surface area contributed by atoms with E-state index in [4.69, 9.17) is 9.15 Å². The van der Waals surface area contributed by atoms with E-state index in [0.717, 1.165) is 29.9 Å². The molecule has 6 heteroatoms. The number of nitrogens with zero attached hydrogens (tertiary/aromatic N) is 1. The third-order valence-electron chi connectivity index (χ3n) is 5.86. The quantitative estimate of drug-likeness (QED) is 0.857. The number of hydrogen-bond donors (Lipinski definition) is 1. The molecule has 0 radical (unpaired) electrons. The molecular formula is C22H27FN2O3. The van der Waals surface area contributed by atoms with Crippen LogP contribution in [0, 0.1) is 18.7 Å². The van der Waals surface area contributed by atoms with Crippen molar-refractivity contribution >= 4 is 5.91 Å². The molecule has 1 aliphatic heterocycles. The SMILES string of the molecule is Cc1ccc(CN[C@@H]2C[C@H](C(=O)N3CCOCC3)[C@@H](c3ccc(F)cc3)C2)o1. The molecule has 150 valence electrons. The topological polar surface area (TPSA) is 54.7 Å². The Balaban J connectivity index is 1.48. The first kappa shape index (κ1) is 19.2. The number of hydrogen-bond acceptors (Lipinski definition) is 4. The van der Waals surface area contributed by atoms with Gasteiger partial charge in [0.05, 0.1) is 19.8 Å². The van der Waals surface area contributed by atoms with E-state index in [1.807, 2.05) is 36.1 Å². The minimum Gasteiger partial charge on any atom is -0.465 e. The highest BCUT2D eigenvalue weighted by molar-refractivity contribution is 5.80. The number of halogens is 1. The largest absolute Gasteiger partial charge is 0.465 e. The van der Waals surface area contributed by atoms with E-state index in [1.54, 1.807) is 0 Å². The van der Waals surface area contributed by atoms with Gasteiger partial charge in [-0.05, 0) is 55.5 Å². The summed E-state index contributed by atoms with van der Waals surface area (Å²) in [7, 11) is 0. The predicted molar refractivity (Wildman–Crippen MR) is 103 cm³/mol. The van der Waals surface area contributed by atoms with Gasteiger partial charge >= 0.3 is 0 Å². The fraction of sp³-hybridized carbons (Fsp3) is 0.500. The first-order valence-corrected chi connectivity index (χ1v) is 10.0. The second-order valence-electron chi connectivity index (χ2n) is 7.76. The predicted octanol–water partition coefficient (Wildman–Crippen LogP) is 3.24. The van der Waals surface area contributed by atoms with Crippen LogP contribution in [0.25, 0.3) is 0 Å². The molecule has 2 aliphatic rings. The molecule has 5 nitrogen and oxygen atoms in total. The molecule has 3 atom stereocenters. The van der Waals surface area contributed by atoms with Crippen LogP contribution in [-0.2, 0) is 16.1 Å². The van der Waals surface area contributed by atoms with Gasteiger partial charge in [0.15, 0.2) is 0 Å². The average Bonchev–Trinajstić information content (AvgIpc) is 3.33. The molecule has 1 aliphatic carbocycles. The molecule has 0 spiro atoms. The lowest BCUT2D eigenvalue weighted by Crippen LogP contribution is -2.44. The van der Waals surface area contributed by atoms with Crippen LogP contribution in [0.3, 0.4) is 0 Å². The first-order valence-electron chi connectivity index (χ1n) is 10.0. The van der Waals surface area contributed by atoms with Crippen molar-refractivity contribution in [1.29, 1.82) is 0 Å². The molecule has 1 aromatic carbocycles. The molecule has 1 aromatic heterocycles. The van der Waals surface area contributed by atoms with Gasteiger partial charge in [0.25, 0.3) is 0 Å². The second kappa shape index (κ2) is 8.45. The maximum atomic E-state index is 13.4. The smallest absolute Gasteiger partial charge is 0.226 e. The summed E-state index contributed by atoms with van der Waals surface area (Å²) in [5.41, 5.74) is 1.03. The lowest BCUT2D eigenvalue weighted by Gasteiger charge is -2.31. The molecule has 2 aromatic rings. The van der Waals surface area contributed by atoms with Crippen molar-refractivity contribution < 1.29 is 18.3 Å². The molecule has 2 fully saturated rings. The molecule has 0 unspecified atom stereocenters. The molecule has 1 N–H and O–H groups in total. The van der Waals surface area contributed by atoms with E-state index in [9.17, 15) is 9.18 Å². The van der Waals surface area contributed by atoms with Crippen LogP contribution in [-0.4, -0.2) is 43.2 Å². The van der Waals surface area contributed by atoms with Gasteiger partial charge in [-0.2, -0.15) is 0 Å². The minimum absolute atomic E-state index is 0.0896. The normalized spacial score (nSPS) is 25.2. The number of amides is 1. The summed E-state index contributed by atoms with van der Waals surface area (Å²) < 4.78 is 24.4. The van der Waals surface area contributed by atoms with Gasteiger partial charge in [-0.3, -0.25) is 4.79 Å². The molecule has 1 saturated heterocycles. The highest BCUT2D eigenvalue weighted by Gasteiger charge is 2.41. The fourth-order valence-electron chi connectivity index (χ4n) is 4.40. The molecule has 1 saturated carbocycles. The standard InChI is InChI=1S/C22H27FN2O3/c1-15-2-7-19(28-15)14-24-18-12-20(16-3-5-17(23)6-4-16)21(13-18)22(26)25-8-10-27-11-9-25/h2-7,18,20-21,24H,8-14H2,1H3/t18-,20+,21-/m0/s1. The summed E-state index contributed by atoms with van der Waals surface area (Å²) in [5.74, 6) is 1.73. The Labute approximate surface area is 164 Å². The molecule has 0 bridgehead atoms. The van der Waals surface area contributed by atoms with Crippen molar-refractivity contribution in [2.45, 2.75) is 38.3 Å². The Bertz CT molecular complexity index is 798. The molecule has 4 rings (SSSR count). The zero-order valence-electron chi connectivity index (χ0n) is 16.2. The molecule has 28 heavy (non-hydrogen) atoms. The van der Waals surface area contributed by atoms with E-state index < -0.39 is 0 Å². The number of benzene rings is 1. The third kappa shape index (κ3) is 4.28. The van der Waals surface area contributed by atoms with E-state index >= 15 is 0 Å². The zero-order chi connectivity index (χ0) is 19.5. The van der Waals surface area contributed by atoms with Crippen molar-refractivity contribution in [3.8, 4) is 0 Å². The van der Waals surface area contributed by atoms with E-state index in [2.05, 4.69) is 5.32 Å². The first-order chi connectivity index (χ1) is 13.6. The summed E-state index contributed by atoms with van der Waals surface area (Å²) in [6.07, 6.45) is 1.63. The lowest BCUT2D eigenvalue weighted by atomic mass is 9.88. The monoisotopic (exact) mass is 386 g/mol. The number of furan rings is 1. The van der Waals surface area contributed by atoms with Crippen LogP contribution in [0.4, 0.5) is 4.39 Å². The summed E-state index contributed by atoms with van der Waals surface area (Å²) >= 11 is 0. The van der Waals surface area contributed by atoms with Gasteiger partial charge in [0, 0.05) is 25.0 Å². The van der Waals surface area contributed by atoms with E-state index in [1.165, 1.54) is 12.1 Å². The van der Waals surface area contributed by atoms with Crippen molar-refractivity contribution in [1.82, 2.24) is 10.2 Å². The Morgan fingerprint density at radius 2 is 1.89 bits per heavy atom. The van der Waals surface area contributed by atoms with Crippen molar-refractivity contribution in [3.05, 3.63) is 59.3 Å².